The number of aromatic nitrogens is 2. The lowest BCUT2D eigenvalue weighted by Crippen LogP contribution is -2.03. The van der Waals surface area contributed by atoms with Crippen molar-refractivity contribution in [2.75, 3.05) is 17.6 Å². The van der Waals surface area contributed by atoms with E-state index < -0.39 is 0 Å². The molecule has 0 aliphatic rings. The van der Waals surface area contributed by atoms with E-state index in [2.05, 4.69) is 29.5 Å². The molecule has 0 amide bonds. The summed E-state index contributed by atoms with van der Waals surface area (Å²) in [6.07, 6.45) is 3.65. The van der Waals surface area contributed by atoms with Gasteiger partial charge in [0, 0.05) is 6.54 Å². The van der Waals surface area contributed by atoms with E-state index in [9.17, 15) is 0 Å². The summed E-state index contributed by atoms with van der Waals surface area (Å²) >= 11 is 0. The molecule has 0 radical (unpaired) electrons. The van der Waals surface area contributed by atoms with Crippen LogP contribution >= 0.6 is 0 Å². The van der Waals surface area contributed by atoms with Crippen molar-refractivity contribution in [3.8, 4) is 0 Å². The van der Waals surface area contributed by atoms with E-state index in [-0.39, 0.29) is 0 Å². The molecule has 18 heavy (non-hydrogen) atoms. The minimum atomic E-state index is 0.594. The van der Waals surface area contributed by atoms with Crippen molar-refractivity contribution in [1.82, 2.24) is 10.3 Å². The second-order valence-corrected chi connectivity index (χ2v) is 4.98. The summed E-state index contributed by atoms with van der Waals surface area (Å²) < 4.78 is 4.73. The first-order chi connectivity index (χ1) is 8.68. The van der Waals surface area contributed by atoms with Gasteiger partial charge in [-0.3, -0.25) is 0 Å². The normalized spacial score (nSPS) is 11.3. The van der Waals surface area contributed by atoms with Gasteiger partial charge in [0.15, 0.2) is 11.0 Å². The third kappa shape index (κ3) is 2.91. The lowest BCUT2D eigenvalue weighted by atomic mass is 10.1. The molecule has 0 aliphatic heterocycles. The molecular weight excluding hydrogens is 228 g/mol. The summed E-state index contributed by atoms with van der Waals surface area (Å²) in [6.45, 7) is 5.43. The molecule has 1 aromatic carbocycles. The fourth-order valence-electron chi connectivity index (χ4n) is 1.93. The van der Waals surface area contributed by atoms with Crippen molar-refractivity contribution in [2.45, 2.75) is 33.1 Å². The topological polar surface area (TPSA) is 77.0 Å². The number of nitrogens with zero attached hydrogens (tertiary/aromatic N) is 2. The van der Waals surface area contributed by atoms with Gasteiger partial charge in [-0.1, -0.05) is 26.7 Å². The first kappa shape index (κ1) is 12.7. The number of hydrogen-bond acceptors (Lipinski definition) is 5. The summed E-state index contributed by atoms with van der Waals surface area (Å²) in [5.41, 5.74) is 8.65. The highest BCUT2D eigenvalue weighted by molar-refractivity contribution is 5.94. The maximum atomic E-state index is 5.79. The molecule has 2 rings (SSSR count). The molecule has 0 saturated carbocycles. The zero-order valence-electron chi connectivity index (χ0n) is 10.9. The molecule has 0 saturated heterocycles. The molecule has 0 fully saturated rings. The predicted octanol–water partition coefficient (Wildman–Crippen LogP) is 3.04. The number of hydrogen-bond donors (Lipinski definition) is 2. The van der Waals surface area contributed by atoms with E-state index in [4.69, 9.17) is 10.4 Å². The Morgan fingerprint density at radius 1 is 1.22 bits per heavy atom. The van der Waals surface area contributed by atoms with Crippen LogP contribution < -0.4 is 11.1 Å². The van der Waals surface area contributed by atoms with Crippen molar-refractivity contribution >= 4 is 22.4 Å². The molecule has 98 valence electrons. The highest BCUT2D eigenvalue weighted by Gasteiger charge is 2.09. The second kappa shape index (κ2) is 5.71. The average Bonchev–Trinajstić information content (AvgIpc) is 2.81. The Morgan fingerprint density at radius 2 is 2.00 bits per heavy atom. The SMILES string of the molecule is CC(C)CCCCNc1ccc(N)c2nonc12. The smallest absolute Gasteiger partial charge is 0.160 e. The summed E-state index contributed by atoms with van der Waals surface area (Å²) in [7, 11) is 0. The van der Waals surface area contributed by atoms with Crippen LogP contribution in [0.5, 0.6) is 0 Å². The molecule has 0 spiro atoms. The third-order valence-corrected chi connectivity index (χ3v) is 2.97. The number of rotatable bonds is 6. The van der Waals surface area contributed by atoms with Gasteiger partial charge in [-0.2, -0.15) is 0 Å². The number of unbranched alkanes of at least 4 members (excludes halogenated alkanes) is 1. The highest BCUT2D eigenvalue weighted by Crippen LogP contribution is 2.25. The van der Waals surface area contributed by atoms with Crippen LogP contribution in [0.15, 0.2) is 16.8 Å². The van der Waals surface area contributed by atoms with Crippen LogP contribution in [0.2, 0.25) is 0 Å². The van der Waals surface area contributed by atoms with Crippen LogP contribution in [0.4, 0.5) is 11.4 Å². The van der Waals surface area contributed by atoms with Gasteiger partial charge in [-0.15, -0.1) is 0 Å². The van der Waals surface area contributed by atoms with E-state index in [0.29, 0.717) is 16.7 Å². The first-order valence-electron chi connectivity index (χ1n) is 6.43. The van der Waals surface area contributed by atoms with Crippen LogP contribution in [0, 0.1) is 5.92 Å². The number of nitrogens with two attached hydrogens (primary N) is 1. The van der Waals surface area contributed by atoms with Crippen molar-refractivity contribution in [3.05, 3.63) is 12.1 Å². The molecule has 0 atom stereocenters. The zero-order chi connectivity index (χ0) is 13.0. The van der Waals surface area contributed by atoms with Gasteiger partial charge in [0.1, 0.15) is 0 Å². The Bertz CT molecular complexity index is 507. The van der Waals surface area contributed by atoms with Gasteiger partial charge in [0.25, 0.3) is 0 Å². The molecule has 1 aromatic heterocycles. The molecule has 0 bridgehead atoms. The quantitative estimate of drug-likeness (QED) is 0.607. The number of fused-ring (bicyclic) bond motifs is 1. The van der Waals surface area contributed by atoms with Crippen LogP contribution in [0.25, 0.3) is 11.0 Å². The van der Waals surface area contributed by atoms with Gasteiger partial charge in [-0.25, -0.2) is 4.63 Å². The molecule has 0 unspecified atom stereocenters. The van der Waals surface area contributed by atoms with E-state index in [0.717, 1.165) is 24.6 Å². The standard InChI is InChI=1S/C13H20N4O/c1-9(2)5-3-4-8-15-11-7-6-10(14)12-13(11)17-18-16-12/h6-7,9,15H,3-5,8,14H2,1-2H3. The summed E-state index contributed by atoms with van der Waals surface area (Å²) in [5.74, 6) is 0.771. The lowest BCUT2D eigenvalue weighted by Gasteiger charge is -2.08. The van der Waals surface area contributed by atoms with Crippen molar-refractivity contribution < 1.29 is 4.63 Å². The van der Waals surface area contributed by atoms with E-state index >= 15 is 0 Å². The van der Waals surface area contributed by atoms with Gasteiger partial charge in [-0.05, 0) is 34.8 Å². The van der Waals surface area contributed by atoms with Gasteiger partial charge < -0.3 is 11.1 Å². The number of nitrogens with one attached hydrogen (secondary N) is 1. The molecular formula is C13H20N4O. The van der Waals surface area contributed by atoms with Crippen LogP contribution in [0.3, 0.4) is 0 Å². The maximum Gasteiger partial charge on any atom is 0.160 e. The number of anilines is 2. The van der Waals surface area contributed by atoms with Crippen LogP contribution in [-0.4, -0.2) is 16.9 Å². The Kier molecular flexibility index (Phi) is 4.02. The third-order valence-electron chi connectivity index (χ3n) is 2.97. The van der Waals surface area contributed by atoms with Gasteiger partial charge in [0.2, 0.25) is 0 Å². The maximum absolute atomic E-state index is 5.79. The summed E-state index contributed by atoms with van der Waals surface area (Å²) in [4.78, 5) is 0. The van der Waals surface area contributed by atoms with Crippen molar-refractivity contribution in [3.63, 3.8) is 0 Å². The fourth-order valence-corrected chi connectivity index (χ4v) is 1.93. The Hall–Kier alpha value is -1.78. The average molecular weight is 248 g/mol. The number of benzene rings is 1. The monoisotopic (exact) mass is 248 g/mol. The Labute approximate surface area is 107 Å². The molecule has 0 aliphatic carbocycles. The largest absolute Gasteiger partial charge is 0.397 e. The van der Waals surface area contributed by atoms with E-state index in [1.165, 1.54) is 12.8 Å². The minimum absolute atomic E-state index is 0.594. The minimum Gasteiger partial charge on any atom is -0.397 e. The van der Waals surface area contributed by atoms with Gasteiger partial charge in [0.05, 0.1) is 11.4 Å². The molecule has 1 heterocycles. The molecule has 5 heteroatoms. The predicted molar refractivity (Wildman–Crippen MR) is 73.4 cm³/mol. The molecule has 2 aromatic rings. The first-order valence-corrected chi connectivity index (χ1v) is 6.43. The molecule has 3 N–H and O–H groups in total. The fraction of sp³-hybridized carbons (Fsp3) is 0.538. The van der Waals surface area contributed by atoms with Crippen LogP contribution in [-0.2, 0) is 0 Å². The Morgan fingerprint density at radius 3 is 2.78 bits per heavy atom. The van der Waals surface area contributed by atoms with Crippen molar-refractivity contribution in [2.24, 2.45) is 5.92 Å². The van der Waals surface area contributed by atoms with E-state index in [1.54, 1.807) is 0 Å². The van der Waals surface area contributed by atoms with E-state index in [1.807, 2.05) is 12.1 Å². The highest BCUT2D eigenvalue weighted by atomic mass is 16.6. The van der Waals surface area contributed by atoms with Crippen molar-refractivity contribution in [1.29, 1.82) is 0 Å². The Balaban J connectivity index is 1.92. The van der Waals surface area contributed by atoms with Crippen LogP contribution in [0.1, 0.15) is 33.1 Å². The summed E-state index contributed by atoms with van der Waals surface area (Å²) in [5, 5.41) is 11.0. The second-order valence-electron chi connectivity index (χ2n) is 4.98. The summed E-state index contributed by atoms with van der Waals surface area (Å²) in [6, 6.07) is 3.74. The lowest BCUT2D eigenvalue weighted by molar-refractivity contribution is 0.316. The zero-order valence-corrected chi connectivity index (χ0v) is 10.9. The van der Waals surface area contributed by atoms with Gasteiger partial charge >= 0.3 is 0 Å². The molecule has 5 nitrogen and oxygen atoms in total. The number of nitrogen functional groups attached to an aromatic ring is 1.